The highest BCUT2D eigenvalue weighted by Crippen LogP contribution is 2.34. The second-order valence-electron chi connectivity index (χ2n) is 6.50. The molecule has 1 fully saturated rings. The van der Waals surface area contributed by atoms with Crippen molar-refractivity contribution in [2.45, 2.75) is 19.3 Å². The molecule has 1 aromatic heterocycles. The summed E-state index contributed by atoms with van der Waals surface area (Å²) in [6.07, 6.45) is 0.268. The van der Waals surface area contributed by atoms with Gasteiger partial charge in [0.25, 0.3) is 0 Å². The lowest BCUT2D eigenvalue weighted by molar-refractivity contribution is -0.117. The fourth-order valence-corrected chi connectivity index (χ4v) is 3.26. The fourth-order valence-electron chi connectivity index (χ4n) is 3.26. The first kappa shape index (κ1) is 17.2. The van der Waals surface area contributed by atoms with Gasteiger partial charge in [0.1, 0.15) is 11.6 Å². The van der Waals surface area contributed by atoms with Crippen LogP contribution in [0.2, 0.25) is 0 Å². The average Bonchev–Trinajstić information content (AvgIpc) is 3.31. The number of rotatable bonds is 4. The first-order chi connectivity index (χ1) is 13.1. The Kier molecular flexibility index (Phi) is 4.35. The van der Waals surface area contributed by atoms with Gasteiger partial charge in [0, 0.05) is 18.7 Å². The topological polar surface area (TPSA) is 68.5 Å². The number of benzene rings is 2. The maximum atomic E-state index is 13.5. The van der Waals surface area contributed by atoms with E-state index < -0.39 is 0 Å². The van der Waals surface area contributed by atoms with Crippen LogP contribution in [0.5, 0.6) is 5.75 Å². The number of carbonyl (C=O) groups is 1. The molecule has 1 unspecified atom stereocenters. The summed E-state index contributed by atoms with van der Waals surface area (Å²) >= 11 is 0. The average molecular weight is 367 g/mol. The Bertz CT molecular complexity index is 1000. The number of hydrogen-bond donors (Lipinski definition) is 0. The van der Waals surface area contributed by atoms with Crippen LogP contribution < -0.4 is 9.64 Å². The van der Waals surface area contributed by atoms with Crippen LogP contribution in [0, 0.1) is 12.7 Å². The zero-order valence-corrected chi connectivity index (χ0v) is 15.0. The minimum atomic E-state index is -0.291. The summed E-state index contributed by atoms with van der Waals surface area (Å²) in [7, 11) is 1.58. The van der Waals surface area contributed by atoms with E-state index in [1.54, 1.807) is 31.1 Å². The van der Waals surface area contributed by atoms with E-state index in [0.29, 0.717) is 35.3 Å². The van der Waals surface area contributed by atoms with Crippen LogP contribution in [0.15, 0.2) is 47.0 Å². The third-order valence-electron chi connectivity index (χ3n) is 4.72. The van der Waals surface area contributed by atoms with Crippen molar-refractivity contribution >= 4 is 11.6 Å². The number of hydrogen-bond acceptors (Lipinski definition) is 5. The van der Waals surface area contributed by atoms with Gasteiger partial charge in [0.2, 0.25) is 17.6 Å². The molecule has 0 bridgehead atoms. The van der Waals surface area contributed by atoms with Crippen LogP contribution in [-0.4, -0.2) is 29.7 Å². The Hall–Kier alpha value is -3.22. The summed E-state index contributed by atoms with van der Waals surface area (Å²) in [6, 6.07) is 12.1. The van der Waals surface area contributed by atoms with Crippen LogP contribution in [0.4, 0.5) is 10.1 Å². The highest BCUT2D eigenvalue weighted by atomic mass is 19.1. The Morgan fingerprint density at radius 2 is 2.07 bits per heavy atom. The van der Waals surface area contributed by atoms with Crippen molar-refractivity contribution < 1.29 is 18.4 Å². The second-order valence-corrected chi connectivity index (χ2v) is 6.50. The van der Waals surface area contributed by atoms with Gasteiger partial charge in [0.15, 0.2) is 0 Å². The highest BCUT2D eigenvalue weighted by Gasteiger charge is 2.35. The molecule has 1 amide bonds. The second kappa shape index (κ2) is 6.83. The van der Waals surface area contributed by atoms with E-state index in [1.807, 2.05) is 24.3 Å². The van der Waals surface area contributed by atoms with E-state index in [9.17, 15) is 9.18 Å². The number of para-hydroxylation sites is 1. The molecule has 0 saturated carbocycles. The molecular weight excluding hydrogens is 349 g/mol. The monoisotopic (exact) mass is 367 g/mol. The number of aryl methyl sites for hydroxylation is 1. The van der Waals surface area contributed by atoms with Gasteiger partial charge >= 0.3 is 0 Å². The van der Waals surface area contributed by atoms with Crippen molar-refractivity contribution in [2.24, 2.45) is 0 Å². The molecule has 2 heterocycles. The zero-order chi connectivity index (χ0) is 19.0. The number of amides is 1. The smallest absolute Gasteiger partial charge is 0.232 e. The Labute approximate surface area is 155 Å². The number of ether oxygens (including phenoxy) is 1. The fraction of sp³-hybridized carbons (Fsp3) is 0.250. The molecular formula is C20H18FN3O3. The first-order valence-electron chi connectivity index (χ1n) is 8.60. The van der Waals surface area contributed by atoms with Gasteiger partial charge in [-0.15, -0.1) is 0 Å². The van der Waals surface area contributed by atoms with Gasteiger partial charge in [-0.2, -0.15) is 4.98 Å². The standard InChI is InChI=1S/C20H18FN3O3/c1-12-9-14(7-8-16(12)21)24-11-13(10-18(24)25)20-22-19(23-27-20)15-5-3-4-6-17(15)26-2/h3-9,13H,10-11H2,1-2H3. The Morgan fingerprint density at radius 3 is 2.85 bits per heavy atom. The SMILES string of the molecule is COc1ccccc1-c1noc(C2CC(=O)N(c3ccc(F)c(C)c3)C2)n1. The van der Waals surface area contributed by atoms with Gasteiger partial charge < -0.3 is 14.2 Å². The molecule has 0 N–H and O–H groups in total. The predicted octanol–water partition coefficient (Wildman–Crippen LogP) is 3.71. The van der Waals surface area contributed by atoms with E-state index in [2.05, 4.69) is 10.1 Å². The number of carbonyl (C=O) groups excluding carboxylic acids is 1. The van der Waals surface area contributed by atoms with Crippen molar-refractivity contribution in [1.29, 1.82) is 0 Å². The van der Waals surface area contributed by atoms with E-state index in [1.165, 1.54) is 6.07 Å². The van der Waals surface area contributed by atoms with Gasteiger partial charge in [-0.3, -0.25) is 4.79 Å². The molecule has 0 spiro atoms. The van der Waals surface area contributed by atoms with Crippen LogP contribution in [0.3, 0.4) is 0 Å². The van der Waals surface area contributed by atoms with Crippen molar-refractivity contribution in [3.05, 3.63) is 59.7 Å². The minimum Gasteiger partial charge on any atom is -0.496 e. The molecule has 1 aliphatic heterocycles. The summed E-state index contributed by atoms with van der Waals surface area (Å²) in [5.74, 6) is 0.925. The number of aromatic nitrogens is 2. The summed E-state index contributed by atoms with van der Waals surface area (Å²) in [6.45, 7) is 2.09. The molecule has 6 nitrogen and oxygen atoms in total. The third-order valence-corrected chi connectivity index (χ3v) is 4.72. The van der Waals surface area contributed by atoms with Crippen molar-refractivity contribution in [1.82, 2.24) is 10.1 Å². The maximum absolute atomic E-state index is 13.5. The Morgan fingerprint density at radius 1 is 1.26 bits per heavy atom. The largest absolute Gasteiger partial charge is 0.496 e. The molecule has 4 rings (SSSR count). The summed E-state index contributed by atoms with van der Waals surface area (Å²) in [5, 5.41) is 4.04. The molecule has 1 saturated heterocycles. The molecule has 7 heteroatoms. The third kappa shape index (κ3) is 3.16. The van der Waals surface area contributed by atoms with Gasteiger partial charge in [0.05, 0.1) is 18.6 Å². The first-order valence-corrected chi connectivity index (χ1v) is 8.60. The van der Waals surface area contributed by atoms with Crippen molar-refractivity contribution in [2.75, 3.05) is 18.6 Å². The lowest BCUT2D eigenvalue weighted by Gasteiger charge is -2.16. The van der Waals surface area contributed by atoms with Crippen LogP contribution >= 0.6 is 0 Å². The molecule has 1 aliphatic rings. The Balaban J connectivity index is 1.58. The van der Waals surface area contributed by atoms with E-state index in [4.69, 9.17) is 9.26 Å². The molecule has 0 radical (unpaired) electrons. The van der Waals surface area contributed by atoms with Gasteiger partial charge in [-0.05, 0) is 42.8 Å². The lowest BCUT2D eigenvalue weighted by atomic mass is 10.1. The summed E-state index contributed by atoms with van der Waals surface area (Å²) in [5.41, 5.74) is 1.90. The molecule has 0 aliphatic carbocycles. The van der Waals surface area contributed by atoms with Crippen molar-refractivity contribution in [3.8, 4) is 17.1 Å². The van der Waals surface area contributed by atoms with E-state index >= 15 is 0 Å². The zero-order valence-electron chi connectivity index (χ0n) is 15.0. The molecule has 2 aromatic carbocycles. The van der Waals surface area contributed by atoms with Crippen molar-refractivity contribution in [3.63, 3.8) is 0 Å². The highest BCUT2D eigenvalue weighted by molar-refractivity contribution is 5.96. The summed E-state index contributed by atoms with van der Waals surface area (Å²) < 4.78 is 24.3. The predicted molar refractivity (Wildman–Crippen MR) is 97.1 cm³/mol. The lowest BCUT2D eigenvalue weighted by Crippen LogP contribution is -2.24. The molecule has 1 atom stereocenters. The van der Waals surface area contributed by atoms with Gasteiger partial charge in [-0.1, -0.05) is 17.3 Å². The maximum Gasteiger partial charge on any atom is 0.232 e. The summed E-state index contributed by atoms with van der Waals surface area (Å²) in [4.78, 5) is 18.6. The van der Waals surface area contributed by atoms with Crippen LogP contribution in [0.1, 0.15) is 23.8 Å². The van der Waals surface area contributed by atoms with Crippen LogP contribution in [0.25, 0.3) is 11.4 Å². The van der Waals surface area contributed by atoms with E-state index in [0.717, 1.165) is 5.56 Å². The number of anilines is 1. The number of halogens is 1. The van der Waals surface area contributed by atoms with E-state index in [-0.39, 0.29) is 24.1 Å². The number of nitrogens with zero attached hydrogens (tertiary/aromatic N) is 3. The normalized spacial score (nSPS) is 16.8. The molecule has 3 aromatic rings. The quantitative estimate of drug-likeness (QED) is 0.703. The minimum absolute atomic E-state index is 0.0527. The van der Waals surface area contributed by atoms with Crippen LogP contribution in [-0.2, 0) is 4.79 Å². The molecule has 138 valence electrons. The molecule has 27 heavy (non-hydrogen) atoms. The van der Waals surface area contributed by atoms with Gasteiger partial charge in [-0.25, -0.2) is 4.39 Å². The number of methoxy groups -OCH3 is 1.